The van der Waals surface area contributed by atoms with Gasteiger partial charge < -0.3 is 24.8 Å². The van der Waals surface area contributed by atoms with Crippen LogP contribution in [0.5, 0.6) is 0 Å². The molecule has 1 aliphatic rings. The number of benzene rings is 1. The van der Waals surface area contributed by atoms with Crippen molar-refractivity contribution in [1.29, 1.82) is 0 Å². The zero-order valence-corrected chi connectivity index (χ0v) is 20.0. The Balaban J connectivity index is 2.25. The summed E-state index contributed by atoms with van der Waals surface area (Å²) in [5.74, 6) is -5.11. The lowest BCUT2D eigenvalue weighted by Crippen LogP contribution is -2.38. The minimum Gasteiger partial charge on any atom is -0.466 e. The number of carbonyl (C=O) groups is 4. The lowest BCUT2D eigenvalue weighted by molar-refractivity contribution is -0.152. The number of nitrogens with two attached hydrogens (primary N) is 1. The number of hydrogen-bond acceptors (Lipinski definition) is 10. The lowest BCUT2D eigenvalue weighted by Gasteiger charge is -2.28. The number of dihydropyridines is 1. The van der Waals surface area contributed by atoms with Crippen molar-refractivity contribution in [3.63, 3.8) is 0 Å². The summed E-state index contributed by atoms with van der Waals surface area (Å²) >= 11 is 0. The Bertz CT molecular complexity index is 1180. The average molecular weight is 496 g/mol. The molecule has 1 aromatic carbocycles. The number of methoxy groups -OCH3 is 2. The van der Waals surface area contributed by atoms with Crippen molar-refractivity contribution in [2.75, 3.05) is 26.1 Å². The molecular formula is C21H25N3O9S. The molecule has 34 heavy (non-hydrogen) atoms. The number of allylic oxidation sites excluding steroid dienone is 2. The Kier molecular flexibility index (Phi) is 8.18. The molecular weight excluding hydrogens is 470 g/mol. The molecule has 0 aliphatic carbocycles. The van der Waals surface area contributed by atoms with Gasteiger partial charge in [0.15, 0.2) is 6.61 Å². The standard InChI is InChI=1S/C21H25N3O9S/c1-10-6-7-13(8-14(10)34(22,29)30)24-15(25)9-33-21(28)18-16(19(26)31-4)11(2)23-12(3)17(18)20(27)32-5/h6-8,18,23H,9H2,1-5H3,(H,24,25)(H2,22,29,30). The third kappa shape index (κ3) is 5.80. The number of carbonyl (C=O) groups excluding carboxylic acids is 4. The number of esters is 3. The normalized spacial score (nSPS) is 14.3. The fraction of sp³-hybridized carbons (Fsp3) is 0.333. The van der Waals surface area contributed by atoms with Crippen LogP contribution in [0.4, 0.5) is 5.69 Å². The first-order valence-corrected chi connectivity index (χ1v) is 11.3. The third-order valence-corrected chi connectivity index (χ3v) is 5.98. The Labute approximate surface area is 196 Å². The van der Waals surface area contributed by atoms with E-state index in [2.05, 4.69) is 10.6 Å². The van der Waals surface area contributed by atoms with Gasteiger partial charge in [0.25, 0.3) is 5.91 Å². The van der Waals surface area contributed by atoms with Gasteiger partial charge in [0.1, 0.15) is 5.92 Å². The molecule has 0 spiro atoms. The van der Waals surface area contributed by atoms with E-state index in [0.29, 0.717) is 5.56 Å². The monoisotopic (exact) mass is 495 g/mol. The van der Waals surface area contributed by atoms with Crippen LogP contribution in [0, 0.1) is 12.8 Å². The van der Waals surface area contributed by atoms with Gasteiger partial charge in [-0.1, -0.05) is 6.07 Å². The molecule has 0 fully saturated rings. The number of rotatable bonds is 7. The zero-order valence-electron chi connectivity index (χ0n) is 19.2. The number of primary sulfonamides is 1. The minimum absolute atomic E-state index is 0.106. The third-order valence-electron chi connectivity index (χ3n) is 4.93. The summed E-state index contributed by atoms with van der Waals surface area (Å²) in [7, 11) is -1.80. The molecule has 0 bridgehead atoms. The quantitative estimate of drug-likeness (QED) is 0.350. The summed E-state index contributed by atoms with van der Waals surface area (Å²) < 4.78 is 37.9. The number of nitrogens with one attached hydrogen (secondary N) is 2. The van der Waals surface area contributed by atoms with Crippen molar-refractivity contribution < 1.29 is 41.8 Å². The molecule has 4 N–H and O–H groups in total. The summed E-state index contributed by atoms with van der Waals surface area (Å²) in [4.78, 5) is 49.7. The highest BCUT2D eigenvalue weighted by molar-refractivity contribution is 7.89. The Morgan fingerprint density at radius 3 is 2.00 bits per heavy atom. The van der Waals surface area contributed by atoms with Gasteiger partial charge in [-0.25, -0.2) is 23.1 Å². The van der Waals surface area contributed by atoms with Gasteiger partial charge in [-0.3, -0.25) is 9.59 Å². The van der Waals surface area contributed by atoms with Crippen molar-refractivity contribution >= 4 is 39.5 Å². The molecule has 1 aliphatic heterocycles. The smallest absolute Gasteiger partial charge is 0.336 e. The fourth-order valence-electron chi connectivity index (χ4n) is 3.39. The largest absolute Gasteiger partial charge is 0.466 e. The van der Waals surface area contributed by atoms with E-state index < -0.39 is 46.4 Å². The molecule has 2 rings (SSSR count). The Morgan fingerprint density at radius 1 is 1.00 bits per heavy atom. The summed E-state index contributed by atoms with van der Waals surface area (Å²) in [5, 5.41) is 10.4. The number of amides is 1. The van der Waals surface area contributed by atoms with E-state index >= 15 is 0 Å². The summed E-state index contributed by atoms with van der Waals surface area (Å²) in [5.41, 5.74) is 0.671. The van der Waals surface area contributed by atoms with Gasteiger partial charge in [0.05, 0.1) is 30.3 Å². The fourth-order valence-corrected chi connectivity index (χ4v) is 4.20. The van der Waals surface area contributed by atoms with Gasteiger partial charge in [-0.2, -0.15) is 0 Å². The van der Waals surface area contributed by atoms with Crippen molar-refractivity contribution in [2.45, 2.75) is 25.7 Å². The lowest BCUT2D eigenvalue weighted by atomic mass is 9.85. The summed E-state index contributed by atoms with van der Waals surface area (Å²) in [6.07, 6.45) is 0. The maximum Gasteiger partial charge on any atom is 0.336 e. The molecule has 1 heterocycles. The second-order valence-corrected chi connectivity index (χ2v) is 8.83. The van der Waals surface area contributed by atoms with E-state index in [-0.39, 0.29) is 33.1 Å². The first-order chi connectivity index (χ1) is 15.8. The first kappa shape index (κ1) is 26.5. The predicted octanol–water partition coefficient (Wildman–Crippen LogP) is 0.238. The van der Waals surface area contributed by atoms with Crippen LogP contribution in [0.3, 0.4) is 0 Å². The van der Waals surface area contributed by atoms with Gasteiger partial charge in [0, 0.05) is 17.1 Å². The maximum absolute atomic E-state index is 12.9. The molecule has 13 heteroatoms. The average Bonchev–Trinajstić information content (AvgIpc) is 2.76. The van der Waals surface area contributed by atoms with Crippen LogP contribution < -0.4 is 15.8 Å². The van der Waals surface area contributed by atoms with Crippen molar-refractivity contribution in [1.82, 2.24) is 5.32 Å². The second kappa shape index (κ2) is 10.5. The summed E-state index contributed by atoms with van der Waals surface area (Å²) in [6.45, 7) is 3.77. The van der Waals surface area contributed by atoms with Crippen LogP contribution in [0.15, 0.2) is 45.6 Å². The molecule has 1 amide bonds. The molecule has 0 unspecified atom stereocenters. The van der Waals surface area contributed by atoms with Crippen molar-refractivity contribution in [2.24, 2.45) is 11.1 Å². The van der Waals surface area contributed by atoms with E-state index in [0.717, 1.165) is 14.2 Å². The molecule has 0 saturated carbocycles. The van der Waals surface area contributed by atoms with Gasteiger partial charge in [-0.05, 0) is 38.5 Å². The van der Waals surface area contributed by atoms with Crippen molar-refractivity contribution in [3.8, 4) is 0 Å². The number of hydrogen-bond donors (Lipinski definition) is 3. The first-order valence-electron chi connectivity index (χ1n) is 9.76. The highest BCUT2D eigenvalue weighted by atomic mass is 32.2. The number of aryl methyl sites for hydroxylation is 1. The minimum atomic E-state index is -4.02. The Morgan fingerprint density at radius 2 is 1.53 bits per heavy atom. The van der Waals surface area contributed by atoms with E-state index in [1.807, 2.05) is 0 Å². The molecule has 0 saturated heterocycles. The summed E-state index contributed by atoms with van der Waals surface area (Å²) in [6, 6.07) is 4.06. The highest BCUT2D eigenvalue weighted by Gasteiger charge is 2.42. The van der Waals surface area contributed by atoms with Gasteiger partial charge in [0.2, 0.25) is 10.0 Å². The Hall–Kier alpha value is -3.71. The molecule has 0 aromatic heterocycles. The molecule has 1 aromatic rings. The van der Waals surface area contributed by atoms with Crippen LogP contribution in [0.2, 0.25) is 0 Å². The molecule has 12 nitrogen and oxygen atoms in total. The van der Waals surface area contributed by atoms with Crippen LogP contribution >= 0.6 is 0 Å². The molecule has 184 valence electrons. The van der Waals surface area contributed by atoms with E-state index in [1.165, 1.54) is 39.0 Å². The molecule has 0 atom stereocenters. The maximum atomic E-state index is 12.9. The van der Waals surface area contributed by atoms with E-state index in [1.54, 1.807) is 0 Å². The topological polar surface area (TPSA) is 180 Å². The second-order valence-electron chi connectivity index (χ2n) is 7.30. The number of sulfonamides is 1. The van der Waals surface area contributed by atoms with E-state index in [9.17, 15) is 27.6 Å². The number of ether oxygens (including phenoxy) is 3. The van der Waals surface area contributed by atoms with Crippen LogP contribution in [0.1, 0.15) is 19.4 Å². The SMILES string of the molecule is COC(=O)C1=C(C)NC(C)=C(C(=O)OC)C1C(=O)OCC(=O)Nc1ccc(C)c(S(N)(=O)=O)c1. The van der Waals surface area contributed by atoms with E-state index in [4.69, 9.17) is 19.3 Å². The van der Waals surface area contributed by atoms with Crippen LogP contribution in [0.25, 0.3) is 0 Å². The van der Waals surface area contributed by atoms with Crippen molar-refractivity contribution in [3.05, 3.63) is 46.3 Å². The van der Waals surface area contributed by atoms with Gasteiger partial charge >= 0.3 is 17.9 Å². The number of anilines is 1. The molecule has 0 radical (unpaired) electrons. The highest BCUT2D eigenvalue weighted by Crippen LogP contribution is 2.32. The van der Waals surface area contributed by atoms with Gasteiger partial charge in [-0.15, -0.1) is 0 Å². The zero-order chi connectivity index (χ0) is 25.8. The van der Waals surface area contributed by atoms with Crippen LogP contribution in [-0.2, 0) is 43.4 Å². The van der Waals surface area contributed by atoms with Crippen LogP contribution in [-0.4, -0.2) is 53.1 Å². The predicted molar refractivity (Wildman–Crippen MR) is 118 cm³/mol.